The smallest absolute Gasteiger partial charge is 0.241 e. The number of amides is 2. The zero-order chi connectivity index (χ0) is 22.5. The number of nitrogens with zero attached hydrogens (tertiary/aromatic N) is 1. The average Bonchev–Trinajstić information content (AvgIpc) is 3.25. The Labute approximate surface area is 186 Å². The lowest BCUT2D eigenvalue weighted by Gasteiger charge is -2.33. The van der Waals surface area contributed by atoms with Crippen LogP contribution < -0.4 is 20.9 Å². The summed E-state index contributed by atoms with van der Waals surface area (Å²) < 4.78 is 25.7. The molecule has 3 N–H and O–H groups in total. The van der Waals surface area contributed by atoms with E-state index in [1.807, 2.05) is 48.5 Å². The lowest BCUT2D eigenvalue weighted by molar-refractivity contribution is -0.126. The van der Waals surface area contributed by atoms with Crippen LogP contribution in [0.5, 0.6) is 0 Å². The van der Waals surface area contributed by atoms with Crippen LogP contribution >= 0.6 is 0 Å². The van der Waals surface area contributed by atoms with Crippen molar-refractivity contribution in [2.75, 3.05) is 29.9 Å². The Bertz CT molecular complexity index is 926. The summed E-state index contributed by atoms with van der Waals surface area (Å²) in [6, 6.07) is 15.8. The highest BCUT2D eigenvalue weighted by atomic mass is 19.3. The van der Waals surface area contributed by atoms with Gasteiger partial charge < -0.3 is 20.9 Å². The van der Waals surface area contributed by atoms with Crippen molar-refractivity contribution >= 4 is 28.9 Å². The molecule has 4 rings (SSSR count). The Balaban J connectivity index is 1.25. The standard InChI is InChI=1S/C24H28F2N4O2/c25-23(26)17-9-11-30(12-10-17)21-7-5-20(6-8-21)29-19-3-1-16(2-4-19)14-28-24(32)18-13-22(31)27-15-18/h1-8,17-18,23,29H,9-15H2,(H,27,31)(H,28,32). The fourth-order valence-corrected chi connectivity index (χ4v) is 4.16. The van der Waals surface area contributed by atoms with Crippen LogP contribution in [0.1, 0.15) is 24.8 Å². The van der Waals surface area contributed by atoms with Gasteiger partial charge in [0.25, 0.3) is 0 Å². The van der Waals surface area contributed by atoms with Gasteiger partial charge in [0.2, 0.25) is 18.2 Å². The van der Waals surface area contributed by atoms with Gasteiger partial charge in [-0.1, -0.05) is 12.1 Å². The molecule has 170 valence electrons. The molecule has 0 spiro atoms. The Kier molecular flexibility index (Phi) is 6.87. The number of rotatable bonds is 7. The van der Waals surface area contributed by atoms with Crippen molar-refractivity contribution in [1.29, 1.82) is 0 Å². The van der Waals surface area contributed by atoms with Gasteiger partial charge in [0, 0.05) is 55.6 Å². The molecule has 2 aromatic carbocycles. The summed E-state index contributed by atoms with van der Waals surface area (Å²) in [7, 11) is 0. The molecule has 32 heavy (non-hydrogen) atoms. The van der Waals surface area contributed by atoms with Gasteiger partial charge in [-0.2, -0.15) is 0 Å². The quantitative estimate of drug-likeness (QED) is 0.612. The van der Waals surface area contributed by atoms with Crippen molar-refractivity contribution in [3.05, 3.63) is 54.1 Å². The summed E-state index contributed by atoms with van der Waals surface area (Å²) in [5.74, 6) is -0.955. The molecule has 0 saturated carbocycles. The zero-order valence-corrected chi connectivity index (χ0v) is 17.8. The molecule has 1 unspecified atom stereocenters. The first-order valence-corrected chi connectivity index (χ1v) is 11.0. The fourth-order valence-electron chi connectivity index (χ4n) is 4.16. The average molecular weight is 443 g/mol. The normalized spacial score (nSPS) is 19.2. The maximum atomic E-state index is 12.8. The molecule has 2 saturated heterocycles. The Morgan fingerprint density at radius 3 is 2.22 bits per heavy atom. The minimum absolute atomic E-state index is 0.0788. The topological polar surface area (TPSA) is 73.5 Å². The van der Waals surface area contributed by atoms with E-state index in [1.54, 1.807) is 0 Å². The van der Waals surface area contributed by atoms with E-state index in [-0.39, 0.29) is 24.2 Å². The van der Waals surface area contributed by atoms with Gasteiger partial charge in [-0.05, 0) is 54.8 Å². The minimum Gasteiger partial charge on any atom is -0.372 e. The van der Waals surface area contributed by atoms with Crippen LogP contribution in [0.25, 0.3) is 0 Å². The Morgan fingerprint density at radius 1 is 1.03 bits per heavy atom. The number of halogens is 2. The number of alkyl halides is 2. The highest BCUT2D eigenvalue weighted by Crippen LogP contribution is 2.28. The van der Waals surface area contributed by atoms with Gasteiger partial charge in [0.1, 0.15) is 0 Å². The number of benzene rings is 2. The molecule has 0 aliphatic carbocycles. The van der Waals surface area contributed by atoms with Crippen molar-refractivity contribution in [3.8, 4) is 0 Å². The van der Waals surface area contributed by atoms with E-state index in [4.69, 9.17) is 0 Å². The molecule has 6 nitrogen and oxygen atoms in total. The molecule has 2 aliphatic rings. The summed E-state index contributed by atoms with van der Waals surface area (Å²) in [6.07, 6.45) is -0.913. The number of carbonyl (C=O) groups is 2. The van der Waals surface area contributed by atoms with Crippen molar-refractivity contribution in [2.24, 2.45) is 11.8 Å². The van der Waals surface area contributed by atoms with Crippen LogP contribution in [0.4, 0.5) is 25.8 Å². The van der Waals surface area contributed by atoms with Crippen LogP contribution in [0, 0.1) is 11.8 Å². The van der Waals surface area contributed by atoms with Gasteiger partial charge in [-0.3, -0.25) is 9.59 Å². The summed E-state index contributed by atoms with van der Waals surface area (Å²) in [4.78, 5) is 25.5. The second-order valence-electron chi connectivity index (χ2n) is 8.45. The monoisotopic (exact) mass is 442 g/mol. The predicted molar refractivity (Wildman–Crippen MR) is 120 cm³/mol. The molecule has 1 atom stereocenters. The molecule has 0 radical (unpaired) electrons. The maximum absolute atomic E-state index is 12.8. The number of piperidine rings is 1. The summed E-state index contributed by atoms with van der Waals surface area (Å²) in [5, 5.41) is 8.89. The molecule has 2 heterocycles. The number of anilines is 3. The third-order valence-corrected chi connectivity index (χ3v) is 6.19. The second-order valence-corrected chi connectivity index (χ2v) is 8.45. The number of hydrogen-bond acceptors (Lipinski definition) is 4. The van der Waals surface area contributed by atoms with E-state index in [0.29, 0.717) is 39.0 Å². The molecule has 2 aromatic rings. The molecule has 2 amide bonds. The Morgan fingerprint density at radius 2 is 1.66 bits per heavy atom. The van der Waals surface area contributed by atoms with Gasteiger partial charge in [-0.15, -0.1) is 0 Å². The van der Waals surface area contributed by atoms with Crippen molar-refractivity contribution in [3.63, 3.8) is 0 Å². The summed E-state index contributed by atoms with van der Waals surface area (Å²) >= 11 is 0. The van der Waals surface area contributed by atoms with Crippen LogP contribution in [0.2, 0.25) is 0 Å². The van der Waals surface area contributed by atoms with Crippen molar-refractivity contribution in [2.45, 2.75) is 32.2 Å². The fraction of sp³-hybridized carbons (Fsp3) is 0.417. The van der Waals surface area contributed by atoms with Gasteiger partial charge >= 0.3 is 0 Å². The lowest BCUT2D eigenvalue weighted by Crippen LogP contribution is -2.35. The molecular formula is C24H28F2N4O2. The minimum atomic E-state index is -2.22. The van der Waals surface area contributed by atoms with E-state index in [1.165, 1.54) is 0 Å². The molecule has 0 aromatic heterocycles. The molecule has 2 fully saturated rings. The first-order valence-electron chi connectivity index (χ1n) is 11.0. The van der Waals surface area contributed by atoms with Gasteiger partial charge in [0.05, 0.1) is 5.92 Å². The number of carbonyl (C=O) groups excluding carboxylic acids is 2. The zero-order valence-electron chi connectivity index (χ0n) is 17.8. The van der Waals surface area contributed by atoms with E-state index in [0.717, 1.165) is 22.6 Å². The number of hydrogen-bond donors (Lipinski definition) is 3. The third kappa shape index (κ3) is 5.55. The van der Waals surface area contributed by atoms with E-state index >= 15 is 0 Å². The van der Waals surface area contributed by atoms with Crippen molar-refractivity contribution < 1.29 is 18.4 Å². The van der Waals surface area contributed by atoms with Crippen LogP contribution in [-0.2, 0) is 16.1 Å². The molecular weight excluding hydrogens is 414 g/mol. The first-order chi connectivity index (χ1) is 15.5. The molecule has 8 heteroatoms. The van der Waals surface area contributed by atoms with Crippen LogP contribution in [-0.4, -0.2) is 37.9 Å². The highest BCUT2D eigenvalue weighted by Gasteiger charge is 2.28. The van der Waals surface area contributed by atoms with Crippen LogP contribution in [0.15, 0.2) is 48.5 Å². The highest BCUT2D eigenvalue weighted by molar-refractivity contribution is 5.89. The van der Waals surface area contributed by atoms with Crippen molar-refractivity contribution in [1.82, 2.24) is 10.6 Å². The second kappa shape index (κ2) is 9.97. The van der Waals surface area contributed by atoms with E-state index in [9.17, 15) is 18.4 Å². The third-order valence-electron chi connectivity index (χ3n) is 6.19. The largest absolute Gasteiger partial charge is 0.372 e. The van der Waals surface area contributed by atoms with E-state index < -0.39 is 12.3 Å². The first kappa shape index (κ1) is 22.0. The molecule has 2 aliphatic heterocycles. The van der Waals surface area contributed by atoms with E-state index in [2.05, 4.69) is 20.9 Å². The lowest BCUT2D eigenvalue weighted by atomic mass is 9.97. The summed E-state index contributed by atoms with van der Waals surface area (Å²) in [6.45, 7) is 2.14. The van der Waals surface area contributed by atoms with Gasteiger partial charge in [0.15, 0.2) is 0 Å². The summed E-state index contributed by atoms with van der Waals surface area (Å²) in [5.41, 5.74) is 3.89. The predicted octanol–water partition coefficient (Wildman–Crippen LogP) is 3.66. The molecule has 0 bridgehead atoms. The Hall–Kier alpha value is -3.16. The maximum Gasteiger partial charge on any atom is 0.241 e. The number of nitrogens with one attached hydrogen (secondary N) is 3. The van der Waals surface area contributed by atoms with Crippen LogP contribution in [0.3, 0.4) is 0 Å². The van der Waals surface area contributed by atoms with Gasteiger partial charge in [-0.25, -0.2) is 8.78 Å². The SMILES string of the molecule is O=C1CC(C(=O)NCc2ccc(Nc3ccc(N4CCC(C(F)F)CC4)cc3)cc2)CN1.